The molecule has 0 saturated carbocycles. The third kappa shape index (κ3) is 5.52. The molecule has 1 N–H and O–H groups in total. The number of aromatic nitrogens is 2. The summed E-state index contributed by atoms with van der Waals surface area (Å²) in [5.41, 5.74) is 2.68. The normalized spacial score (nSPS) is 17.4. The van der Waals surface area contributed by atoms with Gasteiger partial charge in [-0.05, 0) is 39.3 Å². The third-order valence-corrected chi connectivity index (χ3v) is 5.43. The van der Waals surface area contributed by atoms with Gasteiger partial charge in [-0.3, -0.25) is 14.5 Å². The summed E-state index contributed by atoms with van der Waals surface area (Å²) in [6.45, 7) is 7.21. The van der Waals surface area contributed by atoms with Crippen LogP contribution < -0.4 is 10.9 Å². The standard InChI is InChI=1S/C22H30N4O2/c1-17-6-8-19(9-7-17)20-10-11-22(28)26(24-20)15-12-21(27)23-13-16-25-14-4-3-5-18(25)2/h6-11,18H,3-5,12-16H2,1-2H3,(H,23,27)/t18-/m1/s1. The minimum atomic E-state index is -0.189. The number of carbonyl (C=O) groups is 1. The Kier molecular flexibility index (Phi) is 6.98. The molecule has 28 heavy (non-hydrogen) atoms. The van der Waals surface area contributed by atoms with E-state index in [0.717, 1.165) is 24.3 Å². The SMILES string of the molecule is Cc1ccc(-c2ccc(=O)n(CCC(=O)NCCN3CCCC[C@H]3C)n2)cc1. The van der Waals surface area contributed by atoms with Crippen LogP contribution >= 0.6 is 0 Å². The summed E-state index contributed by atoms with van der Waals surface area (Å²) < 4.78 is 1.38. The molecule has 0 aliphatic carbocycles. The first kappa shape index (κ1) is 20.3. The smallest absolute Gasteiger partial charge is 0.266 e. The van der Waals surface area contributed by atoms with Gasteiger partial charge in [0.2, 0.25) is 5.91 Å². The van der Waals surface area contributed by atoms with Gasteiger partial charge in [0.1, 0.15) is 0 Å². The lowest BCUT2D eigenvalue weighted by Gasteiger charge is -2.33. The van der Waals surface area contributed by atoms with Crippen molar-refractivity contribution in [1.82, 2.24) is 20.0 Å². The minimum Gasteiger partial charge on any atom is -0.355 e. The molecule has 3 rings (SSSR count). The molecule has 1 aromatic heterocycles. The molecule has 2 aromatic rings. The summed E-state index contributed by atoms with van der Waals surface area (Å²) in [7, 11) is 0. The van der Waals surface area contributed by atoms with Crippen molar-refractivity contribution in [3.8, 4) is 11.3 Å². The molecule has 1 aromatic carbocycles. The van der Waals surface area contributed by atoms with E-state index in [9.17, 15) is 9.59 Å². The second kappa shape index (κ2) is 9.64. The van der Waals surface area contributed by atoms with Crippen molar-refractivity contribution in [2.75, 3.05) is 19.6 Å². The molecule has 6 heteroatoms. The number of likely N-dealkylation sites (tertiary alicyclic amines) is 1. The fraction of sp³-hybridized carbons (Fsp3) is 0.500. The molecule has 1 atom stereocenters. The molecule has 0 bridgehead atoms. The summed E-state index contributed by atoms with van der Waals surface area (Å²) in [4.78, 5) is 26.7. The number of hydrogen-bond donors (Lipinski definition) is 1. The van der Waals surface area contributed by atoms with Crippen LogP contribution in [0.15, 0.2) is 41.2 Å². The number of hydrogen-bond acceptors (Lipinski definition) is 4. The van der Waals surface area contributed by atoms with Gasteiger partial charge >= 0.3 is 0 Å². The maximum absolute atomic E-state index is 12.2. The number of nitrogens with one attached hydrogen (secondary N) is 1. The van der Waals surface area contributed by atoms with Crippen LogP contribution in [0.5, 0.6) is 0 Å². The lowest BCUT2D eigenvalue weighted by molar-refractivity contribution is -0.121. The van der Waals surface area contributed by atoms with E-state index >= 15 is 0 Å². The number of piperidine rings is 1. The van der Waals surface area contributed by atoms with E-state index in [0.29, 0.717) is 12.6 Å². The van der Waals surface area contributed by atoms with Crippen molar-refractivity contribution in [1.29, 1.82) is 0 Å². The fourth-order valence-electron chi connectivity index (χ4n) is 3.61. The van der Waals surface area contributed by atoms with Crippen molar-refractivity contribution in [3.63, 3.8) is 0 Å². The van der Waals surface area contributed by atoms with Gasteiger partial charge in [-0.25, -0.2) is 4.68 Å². The molecule has 0 unspecified atom stereocenters. The van der Waals surface area contributed by atoms with Crippen LogP contribution in [-0.4, -0.2) is 46.3 Å². The zero-order valence-corrected chi connectivity index (χ0v) is 16.9. The highest BCUT2D eigenvalue weighted by molar-refractivity contribution is 5.75. The Balaban J connectivity index is 1.50. The molecule has 1 aliphatic rings. The van der Waals surface area contributed by atoms with Crippen LogP contribution in [0.3, 0.4) is 0 Å². The summed E-state index contributed by atoms with van der Waals surface area (Å²) >= 11 is 0. The minimum absolute atomic E-state index is 0.0425. The second-order valence-corrected chi connectivity index (χ2v) is 7.63. The Morgan fingerprint density at radius 3 is 2.68 bits per heavy atom. The molecule has 1 aliphatic heterocycles. The van der Waals surface area contributed by atoms with Crippen LogP contribution in [0, 0.1) is 6.92 Å². The number of aryl methyl sites for hydroxylation is 2. The quantitative estimate of drug-likeness (QED) is 0.799. The monoisotopic (exact) mass is 382 g/mol. The Labute approximate surface area is 166 Å². The van der Waals surface area contributed by atoms with Gasteiger partial charge in [0.05, 0.1) is 12.2 Å². The van der Waals surface area contributed by atoms with Crippen molar-refractivity contribution in [2.24, 2.45) is 0 Å². The fourth-order valence-corrected chi connectivity index (χ4v) is 3.61. The molecule has 6 nitrogen and oxygen atoms in total. The summed E-state index contributed by atoms with van der Waals surface area (Å²) in [5, 5.41) is 7.39. The molecule has 150 valence electrons. The Bertz CT molecular complexity index is 844. The van der Waals surface area contributed by atoms with Gasteiger partial charge < -0.3 is 5.32 Å². The summed E-state index contributed by atoms with van der Waals surface area (Å²) in [6.07, 6.45) is 4.03. The lowest BCUT2D eigenvalue weighted by Crippen LogP contribution is -2.42. The van der Waals surface area contributed by atoms with E-state index in [2.05, 4.69) is 22.2 Å². The maximum atomic E-state index is 12.2. The van der Waals surface area contributed by atoms with Crippen molar-refractivity contribution in [3.05, 3.63) is 52.3 Å². The molecular formula is C22H30N4O2. The maximum Gasteiger partial charge on any atom is 0.266 e. The highest BCUT2D eigenvalue weighted by atomic mass is 16.2. The lowest BCUT2D eigenvalue weighted by atomic mass is 10.0. The topological polar surface area (TPSA) is 67.2 Å². The number of nitrogens with zero attached hydrogens (tertiary/aromatic N) is 3. The van der Waals surface area contributed by atoms with Crippen LogP contribution in [0.2, 0.25) is 0 Å². The molecule has 1 amide bonds. The second-order valence-electron chi connectivity index (χ2n) is 7.63. The largest absolute Gasteiger partial charge is 0.355 e. The Morgan fingerprint density at radius 1 is 1.14 bits per heavy atom. The van der Waals surface area contributed by atoms with Crippen molar-refractivity contribution < 1.29 is 4.79 Å². The number of benzene rings is 1. The third-order valence-electron chi connectivity index (χ3n) is 5.43. The van der Waals surface area contributed by atoms with Gasteiger partial charge in [0, 0.05) is 37.2 Å². The number of carbonyl (C=O) groups excluding carboxylic acids is 1. The van der Waals surface area contributed by atoms with E-state index in [4.69, 9.17) is 0 Å². The Hall–Kier alpha value is -2.47. The van der Waals surface area contributed by atoms with E-state index in [1.807, 2.05) is 31.2 Å². The molecule has 1 saturated heterocycles. The van der Waals surface area contributed by atoms with Gasteiger partial charge in [-0.2, -0.15) is 5.10 Å². The van der Waals surface area contributed by atoms with Gasteiger partial charge in [0.15, 0.2) is 0 Å². The molecule has 0 radical (unpaired) electrons. The van der Waals surface area contributed by atoms with E-state index in [-0.39, 0.29) is 24.4 Å². The first-order chi connectivity index (χ1) is 13.5. The van der Waals surface area contributed by atoms with Crippen LogP contribution in [0.25, 0.3) is 11.3 Å². The van der Waals surface area contributed by atoms with E-state index in [1.54, 1.807) is 6.07 Å². The van der Waals surface area contributed by atoms with Crippen LogP contribution in [0.4, 0.5) is 0 Å². The zero-order chi connectivity index (χ0) is 19.9. The van der Waals surface area contributed by atoms with Gasteiger partial charge in [0.25, 0.3) is 5.56 Å². The summed E-state index contributed by atoms with van der Waals surface area (Å²) in [6, 6.07) is 11.8. The zero-order valence-electron chi connectivity index (χ0n) is 16.9. The highest BCUT2D eigenvalue weighted by Crippen LogP contribution is 2.16. The first-order valence-electron chi connectivity index (χ1n) is 10.2. The predicted molar refractivity (Wildman–Crippen MR) is 111 cm³/mol. The average molecular weight is 383 g/mol. The number of rotatable bonds is 7. The number of amides is 1. The van der Waals surface area contributed by atoms with Gasteiger partial charge in [-0.15, -0.1) is 0 Å². The molecule has 0 spiro atoms. The molecule has 2 heterocycles. The van der Waals surface area contributed by atoms with Crippen molar-refractivity contribution in [2.45, 2.75) is 52.1 Å². The predicted octanol–water partition coefficient (Wildman–Crippen LogP) is 2.60. The highest BCUT2D eigenvalue weighted by Gasteiger charge is 2.17. The van der Waals surface area contributed by atoms with E-state index in [1.165, 1.54) is 35.6 Å². The van der Waals surface area contributed by atoms with Crippen LogP contribution in [-0.2, 0) is 11.3 Å². The molecular weight excluding hydrogens is 352 g/mol. The molecule has 1 fully saturated rings. The summed E-state index contributed by atoms with van der Waals surface area (Å²) in [5.74, 6) is -0.0425. The first-order valence-corrected chi connectivity index (χ1v) is 10.2. The van der Waals surface area contributed by atoms with Gasteiger partial charge in [-0.1, -0.05) is 36.2 Å². The Morgan fingerprint density at radius 2 is 1.93 bits per heavy atom. The van der Waals surface area contributed by atoms with E-state index < -0.39 is 0 Å². The van der Waals surface area contributed by atoms with Crippen molar-refractivity contribution >= 4 is 5.91 Å². The average Bonchev–Trinajstić information content (AvgIpc) is 2.69. The van der Waals surface area contributed by atoms with Crippen LogP contribution in [0.1, 0.15) is 38.2 Å².